The predicted octanol–water partition coefficient (Wildman–Crippen LogP) is 5.26. The highest BCUT2D eigenvalue weighted by Crippen LogP contribution is 2.41. The summed E-state index contributed by atoms with van der Waals surface area (Å²) in [5.74, 6) is 0.311. The number of carbonyl (C=O) groups is 1. The number of Topliss-reactive ketones (excluding diaryl/α,β-unsaturated/α-hetero) is 1. The fraction of sp³-hybridized carbons (Fsp3) is 0.300. The van der Waals surface area contributed by atoms with Crippen molar-refractivity contribution in [2.24, 2.45) is 0 Å². The highest BCUT2D eigenvalue weighted by molar-refractivity contribution is 9.10. The van der Waals surface area contributed by atoms with Crippen molar-refractivity contribution in [2.75, 3.05) is 5.32 Å². The van der Waals surface area contributed by atoms with E-state index in [0.29, 0.717) is 11.6 Å². The van der Waals surface area contributed by atoms with Crippen LogP contribution in [0.4, 0.5) is 11.4 Å². The Bertz CT molecular complexity index is 1100. The van der Waals surface area contributed by atoms with Gasteiger partial charge < -0.3 is 9.72 Å². The summed E-state index contributed by atoms with van der Waals surface area (Å²) in [6, 6.07) is 6.52. The number of ketones is 1. The number of nitrogens with one attached hydrogen (secondary N) is 1. The Morgan fingerprint density at radius 3 is 2.75 bits per heavy atom. The van der Waals surface area contributed by atoms with Crippen molar-refractivity contribution in [2.45, 2.75) is 38.6 Å². The van der Waals surface area contributed by atoms with E-state index < -0.39 is 4.92 Å². The number of aromatic nitrogens is 2. The van der Waals surface area contributed by atoms with Crippen LogP contribution < -0.4 is 5.32 Å². The maximum atomic E-state index is 11.6. The lowest BCUT2D eigenvalue weighted by molar-refractivity contribution is -0.385. The van der Waals surface area contributed by atoms with Crippen molar-refractivity contribution in [1.29, 1.82) is 0 Å². The van der Waals surface area contributed by atoms with E-state index in [1.807, 2.05) is 17.5 Å². The smallest absolute Gasteiger partial charge is 0.282 e. The van der Waals surface area contributed by atoms with Gasteiger partial charge in [-0.25, -0.2) is 4.98 Å². The van der Waals surface area contributed by atoms with Crippen molar-refractivity contribution in [3.05, 3.63) is 68.1 Å². The van der Waals surface area contributed by atoms with Crippen LogP contribution in [-0.4, -0.2) is 20.1 Å². The number of fused-ring (bicyclic) bond motifs is 1. The molecular formula is C20H19BrN4O3. The molecule has 1 fully saturated rings. The first-order valence-electron chi connectivity index (χ1n) is 9.07. The van der Waals surface area contributed by atoms with Crippen LogP contribution in [0, 0.1) is 10.1 Å². The molecule has 1 aliphatic carbocycles. The molecule has 1 unspecified atom stereocenters. The second kappa shape index (κ2) is 7.01. The van der Waals surface area contributed by atoms with Crippen LogP contribution in [0.5, 0.6) is 0 Å². The number of rotatable bonds is 6. The molecule has 0 amide bonds. The number of hydrogen-bond donors (Lipinski definition) is 1. The minimum atomic E-state index is -0.534. The highest BCUT2D eigenvalue weighted by atomic mass is 79.9. The average Bonchev–Trinajstić information content (AvgIpc) is 3.40. The summed E-state index contributed by atoms with van der Waals surface area (Å²) >= 11 is 3.61. The summed E-state index contributed by atoms with van der Waals surface area (Å²) in [4.78, 5) is 27.0. The molecule has 144 valence electrons. The third-order valence-corrected chi connectivity index (χ3v) is 5.58. The van der Waals surface area contributed by atoms with Crippen LogP contribution in [0.3, 0.4) is 0 Å². The SMILES string of the molecule is CC(=O)c1ccc(NC(C)c2cn3cc(C4CC4)cc(Br)c3n2)cc1[N+](=O)[O-]. The van der Waals surface area contributed by atoms with Crippen molar-refractivity contribution >= 4 is 38.7 Å². The second-order valence-electron chi connectivity index (χ2n) is 7.20. The van der Waals surface area contributed by atoms with Gasteiger partial charge in [-0.05, 0) is 72.3 Å². The van der Waals surface area contributed by atoms with E-state index >= 15 is 0 Å². The number of benzene rings is 1. The van der Waals surface area contributed by atoms with Crippen LogP contribution in [0.2, 0.25) is 0 Å². The molecule has 2 heterocycles. The van der Waals surface area contributed by atoms with E-state index in [1.54, 1.807) is 6.07 Å². The minimum Gasteiger partial charge on any atom is -0.377 e. The zero-order chi connectivity index (χ0) is 20.0. The molecule has 0 aliphatic heterocycles. The lowest BCUT2D eigenvalue weighted by atomic mass is 10.1. The molecule has 0 bridgehead atoms. The Morgan fingerprint density at radius 2 is 2.11 bits per heavy atom. The molecular weight excluding hydrogens is 424 g/mol. The number of imidazole rings is 1. The van der Waals surface area contributed by atoms with Gasteiger partial charge in [0.25, 0.3) is 5.69 Å². The molecule has 28 heavy (non-hydrogen) atoms. The van der Waals surface area contributed by atoms with Gasteiger partial charge >= 0.3 is 0 Å². The van der Waals surface area contributed by atoms with E-state index in [9.17, 15) is 14.9 Å². The number of halogens is 1. The zero-order valence-electron chi connectivity index (χ0n) is 15.5. The first kappa shape index (κ1) is 18.6. The van der Waals surface area contributed by atoms with Crippen LogP contribution in [0.1, 0.15) is 60.3 Å². The quantitative estimate of drug-likeness (QED) is 0.319. The normalized spacial score (nSPS) is 14.8. The molecule has 1 saturated carbocycles. The molecule has 1 aromatic carbocycles. The largest absolute Gasteiger partial charge is 0.377 e. The molecule has 3 aromatic rings. The third-order valence-electron chi connectivity index (χ3n) is 5.00. The molecule has 1 aliphatic rings. The summed E-state index contributed by atoms with van der Waals surface area (Å²) in [7, 11) is 0. The number of pyridine rings is 1. The van der Waals surface area contributed by atoms with Gasteiger partial charge in [0.1, 0.15) is 0 Å². The number of nitrogens with zero attached hydrogens (tertiary/aromatic N) is 3. The molecule has 1 atom stereocenters. The van der Waals surface area contributed by atoms with Gasteiger partial charge in [0, 0.05) is 24.1 Å². The van der Waals surface area contributed by atoms with E-state index in [4.69, 9.17) is 4.98 Å². The summed E-state index contributed by atoms with van der Waals surface area (Å²) in [6.45, 7) is 3.27. The first-order chi connectivity index (χ1) is 13.3. The summed E-state index contributed by atoms with van der Waals surface area (Å²) in [5.41, 5.74) is 3.44. The monoisotopic (exact) mass is 442 g/mol. The number of carbonyl (C=O) groups excluding carboxylic acids is 1. The van der Waals surface area contributed by atoms with Crippen LogP contribution in [0.25, 0.3) is 5.65 Å². The van der Waals surface area contributed by atoms with Crippen molar-refractivity contribution in [3.63, 3.8) is 0 Å². The van der Waals surface area contributed by atoms with Crippen molar-refractivity contribution < 1.29 is 9.72 Å². The Morgan fingerprint density at radius 1 is 1.36 bits per heavy atom. The number of anilines is 1. The van der Waals surface area contributed by atoms with E-state index in [0.717, 1.165) is 15.8 Å². The van der Waals surface area contributed by atoms with Crippen LogP contribution >= 0.6 is 15.9 Å². The number of hydrogen-bond acceptors (Lipinski definition) is 5. The molecule has 4 rings (SSSR count). The predicted molar refractivity (Wildman–Crippen MR) is 110 cm³/mol. The average molecular weight is 443 g/mol. The number of nitro groups is 1. The Labute approximate surface area is 170 Å². The van der Waals surface area contributed by atoms with E-state index in [2.05, 4.69) is 33.5 Å². The van der Waals surface area contributed by atoms with Gasteiger partial charge in [0.2, 0.25) is 0 Å². The maximum Gasteiger partial charge on any atom is 0.282 e. The summed E-state index contributed by atoms with van der Waals surface area (Å²) < 4.78 is 2.98. The Kier molecular flexibility index (Phi) is 4.66. The summed E-state index contributed by atoms with van der Waals surface area (Å²) in [6.07, 6.45) is 6.55. The van der Waals surface area contributed by atoms with Gasteiger partial charge in [0.15, 0.2) is 11.4 Å². The lowest BCUT2D eigenvalue weighted by Gasteiger charge is -2.13. The van der Waals surface area contributed by atoms with Crippen LogP contribution in [0.15, 0.2) is 41.1 Å². The topological polar surface area (TPSA) is 89.5 Å². The Hall–Kier alpha value is -2.74. The molecule has 2 aromatic heterocycles. The van der Waals surface area contributed by atoms with Gasteiger partial charge in [-0.15, -0.1) is 0 Å². The molecule has 0 spiro atoms. The second-order valence-corrected chi connectivity index (χ2v) is 8.06. The van der Waals surface area contributed by atoms with E-state index in [1.165, 1.54) is 37.5 Å². The Balaban J connectivity index is 1.62. The molecule has 0 radical (unpaired) electrons. The summed E-state index contributed by atoms with van der Waals surface area (Å²) in [5, 5.41) is 14.5. The number of nitro benzene ring substituents is 1. The van der Waals surface area contributed by atoms with Gasteiger partial charge in [-0.3, -0.25) is 14.9 Å². The minimum absolute atomic E-state index is 0.104. The first-order valence-corrected chi connectivity index (χ1v) is 9.86. The van der Waals surface area contributed by atoms with Gasteiger partial charge in [-0.2, -0.15) is 0 Å². The maximum absolute atomic E-state index is 11.6. The third kappa shape index (κ3) is 3.52. The molecule has 8 heteroatoms. The van der Waals surface area contributed by atoms with Gasteiger partial charge in [-0.1, -0.05) is 0 Å². The highest BCUT2D eigenvalue weighted by Gasteiger charge is 2.25. The fourth-order valence-corrected chi connectivity index (χ4v) is 3.90. The standard InChI is InChI=1S/C20H19BrN4O3/c1-11(22-15-5-6-16(12(2)26)19(8-15)25(27)28)18-10-24-9-14(13-3-4-13)7-17(21)20(24)23-18/h5-11,13,22H,3-4H2,1-2H3. The van der Waals surface area contributed by atoms with E-state index in [-0.39, 0.29) is 23.1 Å². The fourth-order valence-electron chi connectivity index (χ4n) is 3.34. The van der Waals surface area contributed by atoms with Gasteiger partial charge in [0.05, 0.1) is 26.7 Å². The molecule has 0 saturated heterocycles. The molecule has 7 nitrogen and oxygen atoms in total. The van der Waals surface area contributed by atoms with Crippen molar-refractivity contribution in [3.8, 4) is 0 Å². The van der Waals surface area contributed by atoms with Crippen LogP contribution in [-0.2, 0) is 0 Å². The zero-order valence-corrected chi connectivity index (χ0v) is 17.1. The van der Waals surface area contributed by atoms with Crippen molar-refractivity contribution in [1.82, 2.24) is 9.38 Å². The lowest BCUT2D eigenvalue weighted by Crippen LogP contribution is -2.08. The molecule has 1 N–H and O–H groups in total.